The smallest absolute Gasteiger partial charge is 0.356 e. The Bertz CT molecular complexity index is 1130. The molecule has 1 unspecified atom stereocenters. The van der Waals surface area contributed by atoms with Crippen molar-refractivity contribution in [3.63, 3.8) is 0 Å². The molecule has 5 nitrogen and oxygen atoms in total. The van der Waals surface area contributed by atoms with Gasteiger partial charge in [0.2, 0.25) is 0 Å². The van der Waals surface area contributed by atoms with Crippen molar-refractivity contribution in [2.24, 2.45) is 4.99 Å². The molecule has 1 aromatic heterocycles. The summed E-state index contributed by atoms with van der Waals surface area (Å²) in [6, 6.07) is 12.6. The third kappa shape index (κ3) is 2.91. The quantitative estimate of drug-likeness (QED) is 0.617. The number of aromatic nitrogens is 2. The van der Waals surface area contributed by atoms with E-state index >= 15 is 0 Å². The molecule has 0 fully saturated rings. The molecule has 28 heavy (non-hydrogen) atoms. The van der Waals surface area contributed by atoms with Crippen molar-refractivity contribution in [1.29, 1.82) is 0 Å². The summed E-state index contributed by atoms with van der Waals surface area (Å²) in [6.07, 6.45) is 0.612. The standard InChI is InChI=1S/C21H17Cl2N3O2/c1-3-16-20-19(21(27)28)24-11(2)26(20)17-9-8-12(22)10-14(17)18(25-16)13-6-4-5-7-15(13)23/h4-10,16H,3H2,1-2H3,(H,27,28). The first-order valence-electron chi connectivity index (χ1n) is 8.87. The van der Waals surface area contributed by atoms with Crippen LogP contribution < -0.4 is 0 Å². The van der Waals surface area contributed by atoms with Crippen molar-refractivity contribution in [3.05, 3.63) is 80.8 Å². The number of hydrogen-bond acceptors (Lipinski definition) is 3. The maximum absolute atomic E-state index is 11.9. The molecule has 3 aromatic rings. The van der Waals surface area contributed by atoms with Crippen LogP contribution in [0.5, 0.6) is 0 Å². The van der Waals surface area contributed by atoms with Crippen molar-refractivity contribution in [3.8, 4) is 5.69 Å². The number of hydrogen-bond donors (Lipinski definition) is 1. The third-order valence-corrected chi connectivity index (χ3v) is 5.42. The minimum atomic E-state index is -1.07. The van der Waals surface area contributed by atoms with E-state index in [2.05, 4.69) is 4.98 Å². The molecular formula is C21H17Cl2N3O2. The number of fused-ring (bicyclic) bond motifs is 3. The molecule has 0 radical (unpaired) electrons. The molecule has 1 aliphatic heterocycles. The second-order valence-electron chi connectivity index (χ2n) is 6.58. The SMILES string of the molecule is CCC1N=C(c2ccccc2Cl)c2cc(Cl)ccc2-n2c(C)nc(C(=O)O)c21. The van der Waals surface area contributed by atoms with Crippen molar-refractivity contribution < 1.29 is 9.90 Å². The summed E-state index contributed by atoms with van der Waals surface area (Å²) in [5.74, 6) is -0.479. The number of aliphatic imine (C=N–C) groups is 1. The molecule has 2 aromatic carbocycles. The Kier molecular flexibility index (Phi) is 4.73. The second kappa shape index (κ2) is 7.08. The Morgan fingerprint density at radius 1 is 1.18 bits per heavy atom. The lowest BCUT2D eigenvalue weighted by Gasteiger charge is -2.14. The number of nitrogens with zero attached hydrogens (tertiary/aromatic N) is 3. The molecule has 0 spiro atoms. The lowest BCUT2D eigenvalue weighted by Crippen LogP contribution is -2.09. The highest BCUT2D eigenvalue weighted by Gasteiger charge is 2.32. The van der Waals surface area contributed by atoms with Crippen molar-refractivity contribution in [2.45, 2.75) is 26.3 Å². The predicted molar refractivity (Wildman–Crippen MR) is 110 cm³/mol. The third-order valence-electron chi connectivity index (χ3n) is 4.85. The summed E-state index contributed by atoms with van der Waals surface area (Å²) in [6.45, 7) is 3.77. The van der Waals surface area contributed by atoms with Gasteiger partial charge in [-0.25, -0.2) is 9.78 Å². The summed E-state index contributed by atoms with van der Waals surface area (Å²) < 4.78 is 1.87. The fourth-order valence-corrected chi connectivity index (χ4v) is 4.05. The monoisotopic (exact) mass is 413 g/mol. The van der Waals surface area contributed by atoms with Crippen LogP contribution in [0, 0.1) is 6.92 Å². The van der Waals surface area contributed by atoms with Gasteiger partial charge in [-0.05, 0) is 37.6 Å². The second-order valence-corrected chi connectivity index (χ2v) is 7.42. The Balaban J connectivity index is 2.12. The Morgan fingerprint density at radius 3 is 2.61 bits per heavy atom. The van der Waals surface area contributed by atoms with Crippen LogP contribution in [0.1, 0.15) is 52.5 Å². The van der Waals surface area contributed by atoms with E-state index in [9.17, 15) is 9.90 Å². The fraction of sp³-hybridized carbons (Fsp3) is 0.190. The van der Waals surface area contributed by atoms with Crippen molar-refractivity contribution in [2.75, 3.05) is 0 Å². The van der Waals surface area contributed by atoms with Crippen molar-refractivity contribution >= 4 is 34.9 Å². The topological polar surface area (TPSA) is 67.5 Å². The molecule has 2 heterocycles. The van der Waals surface area contributed by atoms with Crippen LogP contribution in [0.2, 0.25) is 10.0 Å². The van der Waals surface area contributed by atoms with Gasteiger partial charge in [-0.1, -0.05) is 48.3 Å². The van der Waals surface area contributed by atoms with Crippen LogP contribution in [0.25, 0.3) is 5.69 Å². The first kappa shape index (κ1) is 18.7. The van der Waals surface area contributed by atoms with Gasteiger partial charge in [-0.15, -0.1) is 0 Å². The maximum Gasteiger partial charge on any atom is 0.356 e. The predicted octanol–water partition coefficient (Wildman–Crippen LogP) is 5.49. The normalized spacial score (nSPS) is 15.4. The molecule has 4 rings (SSSR count). The van der Waals surface area contributed by atoms with Gasteiger partial charge < -0.3 is 5.11 Å². The molecular weight excluding hydrogens is 397 g/mol. The van der Waals surface area contributed by atoms with Gasteiger partial charge >= 0.3 is 5.97 Å². The summed E-state index contributed by atoms with van der Waals surface area (Å²) in [5.41, 5.74) is 3.63. The van der Waals surface area contributed by atoms with Gasteiger partial charge in [-0.2, -0.15) is 0 Å². The molecule has 0 bridgehead atoms. The summed E-state index contributed by atoms with van der Waals surface area (Å²) in [7, 11) is 0. The van der Waals surface area contributed by atoms with E-state index in [0.717, 1.165) is 16.8 Å². The van der Waals surface area contributed by atoms with Crippen LogP contribution in [-0.4, -0.2) is 26.3 Å². The van der Waals surface area contributed by atoms with E-state index in [1.165, 1.54) is 0 Å². The molecule has 7 heteroatoms. The largest absolute Gasteiger partial charge is 0.476 e. The lowest BCUT2D eigenvalue weighted by atomic mass is 10.00. The molecule has 1 aliphatic rings. The zero-order valence-electron chi connectivity index (χ0n) is 15.3. The molecule has 1 N–H and O–H groups in total. The highest BCUT2D eigenvalue weighted by Crippen LogP contribution is 2.37. The Labute approximate surface area is 172 Å². The van der Waals surface area contributed by atoms with Crippen LogP contribution in [0.15, 0.2) is 47.5 Å². The Hall–Kier alpha value is -2.63. The number of imidazole rings is 1. The minimum absolute atomic E-state index is 0.0226. The number of benzene rings is 2. The van der Waals surface area contributed by atoms with E-state index in [1.807, 2.05) is 47.9 Å². The number of rotatable bonds is 3. The van der Waals surface area contributed by atoms with Crippen LogP contribution in [0.4, 0.5) is 0 Å². The number of carboxylic acid groups (broad SMARTS) is 1. The van der Waals surface area contributed by atoms with E-state index in [4.69, 9.17) is 28.2 Å². The lowest BCUT2D eigenvalue weighted by molar-refractivity contribution is 0.0689. The number of halogens is 2. The summed E-state index contributed by atoms with van der Waals surface area (Å²) in [4.78, 5) is 21.1. The number of carboxylic acids is 1. The summed E-state index contributed by atoms with van der Waals surface area (Å²) >= 11 is 12.8. The van der Waals surface area contributed by atoms with Gasteiger partial charge in [0, 0.05) is 21.2 Å². The van der Waals surface area contributed by atoms with E-state index in [0.29, 0.717) is 33.7 Å². The number of carbonyl (C=O) groups is 1. The van der Waals surface area contributed by atoms with Crippen molar-refractivity contribution in [1.82, 2.24) is 9.55 Å². The van der Waals surface area contributed by atoms with Crippen LogP contribution in [0.3, 0.4) is 0 Å². The number of aryl methyl sites for hydroxylation is 1. The van der Waals surface area contributed by atoms with Crippen LogP contribution in [-0.2, 0) is 0 Å². The van der Waals surface area contributed by atoms with Gasteiger partial charge in [0.25, 0.3) is 0 Å². The first-order valence-corrected chi connectivity index (χ1v) is 9.63. The number of aromatic carboxylic acids is 1. The average Bonchev–Trinajstić information content (AvgIpc) is 2.93. The van der Waals surface area contributed by atoms with E-state index in [1.54, 1.807) is 13.0 Å². The average molecular weight is 414 g/mol. The molecule has 0 saturated heterocycles. The highest BCUT2D eigenvalue weighted by atomic mass is 35.5. The van der Waals surface area contributed by atoms with Gasteiger partial charge in [0.15, 0.2) is 5.69 Å². The van der Waals surface area contributed by atoms with Gasteiger partial charge in [0.1, 0.15) is 5.82 Å². The first-order chi connectivity index (χ1) is 13.4. The summed E-state index contributed by atoms with van der Waals surface area (Å²) in [5, 5.41) is 10.8. The maximum atomic E-state index is 11.9. The minimum Gasteiger partial charge on any atom is -0.476 e. The zero-order valence-corrected chi connectivity index (χ0v) is 16.8. The molecule has 0 saturated carbocycles. The van der Waals surface area contributed by atoms with Crippen LogP contribution >= 0.6 is 23.2 Å². The molecule has 1 atom stereocenters. The fourth-order valence-electron chi connectivity index (χ4n) is 3.65. The van der Waals surface area contributed by atoms with E-state index in [-0.39, 0.29) is 11.7 Å². The zero-order chi connectivity index (χ0) is 20.0. The molecule has 0 amide bonds. The van der Waals surface area contributed by atoms with Gasteiger partial charge in [0.05, 0.1) is 23.1 Å². The van der Waals surface area contributed by atoms with E-state index < -0.39 is 5.97 Å². The Morgan fingerprint density at radius 2 is 1.93 bits per heavy atom. The molecule has 142 valence electrons. The molecule has 0 aliphatic carbocycles. The highest BCUT2D eigenvalue weighted by molar-refractivity contribution is 6.36. The van der Waals surface area contributed by atoms with Gasteiger partial charge in [-0.3, -0.25) is 9.56 Å².